The highest BCUT2D eigenvalue weighted by atomic mass is 16.5. The zero-order chi connectivity index (χ0) is 13.4. The first-order valence-electron chi connectivity index (χ1n) is 6.75. The van der Waals surface area contributed by atoms with E-state index in [2.05, 4.69) is 56.9 Å². The maximum atomic E-state index is 5.83. The number of nitrogens with one attached hydrogen (secondary N) is 1. The van der Waals surface area contributed by atoms with Crippen LogP contribution >= 0.6 is 0 Å². The Bertz CT molecular complexity index is 345. The quantitative estimate of drug-likeness (QED) is 0.558. The summed E-state index contributed by atoms with van der Waals surface area (Å²) in [5.74, 6) is 1.56. The number of rotatable bonds is 8. The summed E-state index contributed by atoms with van der Waals surface area (Å²) in [5, 5.41) is 3.25. The summed E-state index contributed by atoms with van der Waals surface area (Å²) in [6.45, 7) is 11.9. The Labute approximate surface area is 111 Å². The van der Waals surface area contributed by atoms with Crippen molar-refractivity contribution in [3.8, 4) is 5.75 Å². The Kier molecular flexibility index (Phi) is 6.51. The van der Waals surface area contributed by atoms with Gasteiger partial charge in [0.1, 0.15) is 11.9 Å². The van der Waals surface area contributed by atoms with Crippen molar-refractivity contribution < 1.29 is 4.74 Å². The highest BCUT2D eigenvalue weighted by Gasteiger charge is 2.05. The molecule has 0 bridgehead atoms. The van der Waals surface area contributed by atoms with Gasteiger partial charge >= 0.3 is 0 Å². The van der Waals surface area contributed by atoms with Gasteiger partial charge in [-0.05, 0) is 37.0 Å². The first kappa shape index (κ1) is 14.8. The maximum absolute atomic E-state index is 5.83. The molecule has 2 heteroatoms. The minimum Gasteiger partial charge on any atom is -0.489 e. The van der Waals surface area contributed by atoms with Gasteiger partial charge in [-0.15, -0.1) is 6.58 Å². The molecule has 2 unspecified atom stereocenters. The van der Waals surface area contributed by atoms with Crippen LogP contribution in [0.15, 0.2) is 36.9 Å². The molecule has 100 valence electrons. The molecule has 2 nitrogen and oxygen atoms in total. The molecule has 0 heterocycles. The smallest absolute Gasteiger partial charge is 0.119 e. The van der Waals surface area contributed by atoms with E-state index in [1.165, 1.54) is 12.0 Å². The van der Waals surface area contributed by atoms with Gasteiger partial charge in [0.25, 0.3) is 0 Å². The molecule has 0 fully saturated rings. The van der Waals surface area contributed by atoms with Crippen LogP contribution in [0.4, 0.5) is 0 Å². The van der Waals surface area contributed by atoms with Gasteiger partial charge in [0.15, 0.2) is 0 Å². The third-order valence-electron chi connectivity index (χ3n) is 3.12. The summed E-state index contributed by atoms with van der Waals surface area (Å²) in [5.41, 5.74) is 1.38. The zero-order valence-corrected chi connectivity index (χ0v) is 11.8. The van der Waals surface area contributed by atoms with E-state index in [0.717, 1.165) is 18.8 Å². The standard InChI is InChI=1S/C16H25NO/c1-5-11-17-12-14(4)18-16-9-7-15(8-10-16)13(3)6-2/h5,7-10,13-14,17H,1,6,11-12H2,2-4H3. The van der Waals surface area contributed by atoms with E-state index in [1.54, 1.807) is 0 Å². The Morgan fingerprint density at radius 2 is 1.94 bits per heavy atom. The third-order valence-corrected chi connectivity index (χ3v) is 3.12. The lowest BCUT2D eigenvalue weighted by atomic mass is 9.99. The molecule has 0 aromatic heterocycles. The molecule has 1 aromatic carbocycles. The van der Waals surface area contributed by atoms with E-state index in [4.69, 9.17) is 4.74 Å². The van der Waals surface area contributed by atoms with Crippen LogP contribution in [0.1, 0.15) is 38.7 Å². The van der Waals surface area contributed by atoms with Gasteiger partial charge in [-0.3, -0.25) is 0 Å². The summed E-state index contributed by atoms with van der Waals surface area (Å²) in [7, 11) is 0. The van der Waals surface area contributed by atoms with Crippen LogP contribution in [-0.4, -0.2) is 19.2 Å². The lowest BCUT2D eigenvalue weighted by Gasteiger charge is -2.16. The fourth-order valence-electron chi connectivity index (χ4n) is 1.77. The van der Waals surface area contributed by atoms with Gasteiger partial charge < -0.3 is 10.1 Å². The van der Waals surface area contributed by atoms with Crippen molar-refractivity contribution in [2.24, 2.45) is 0 Å². The van der Waals surface area contributed by atoms with E-state index in [1.807, 2.05) is 6.08 Å². The van der Waals surface area contributed by atoms with Gasteiger partial charge in [-0.1, -0.05) is 32.1 Å². The third kappa shape index (κ3) is 4.92. The topological polar surface area (TPSA) is 21.3 Å². The SMILES string of the molecule is C=CCNCC(C)Oc1ccc(C(C)CC)cc1. The van der Waals surface area contributed by atoms with Crippen LogP contribution in [0.2, 0.25) is 0 Å². The minimum atomic E-state index is 0.166. The van der Waals surface area contributed by atoms with E-state index in [9.17, 15) is 0 Å². The molecule has 0 saturated carbocycles. The van der Waals surface area contributed by atoms with Gasteiger partial charge in [0.2, 0.25) is 0 Å². The predicted molar refractivity (Wildman–Crippen MR) is 78.3 cm³/mol. The lowest BCUT2D eigenvalue weighted by molar-refractivity contribution is 0.219. The first-order valence-corrected chi connectivity index (χ1v) is 6.75. The van der Waals surface area contributed by atoms with Crippen LogP contribution in [0.3, 0.4) is 0 Å². The highest BCUT2D eigenvalue weighted by Crippen LogP contribution is 2.21. The van der Waals surface area contributed by atoms with Gasteiger partial charge in [0, 0.05) is 13.1 Å². The van der Waals surface area contributed by atoms with Gasteiger partial charge in [0.05, 0.1) is 0 Å². The van der Waals surface area contributed by atoms with Crippen LogP contribution in [0.5, 0.6) is 5.75 Å². The molecular formula is C16H25NO. The highest BCUT2D eigenvalue weighted by molar-refractivity contribution is 5.29. The van der Waals surface area contributed by atoms with Crippen molar-refractivity contribution in [2.75, 3.05) is 13.1 Å². The lowest BCUT2D eigenvalue weighted by Crippen LogP contribution is -2.28. The van der Waals surface area contributed by atoms with Crippen LogP contribution in [-0.2, 0) is 0 Å². The fourth-order valence-corrected chi connectivity index (χ4v) is 1.77. The van der Waals surface area contributed by atoms with Crippen molar-refractivity contribution in [3.05, 3.63) is 42.5 Å². The average molecular weight is 247 g/mol. The van der Waals surface area contributed by atoms with Crippen LogP contribution in [0, 0.1) is 0 Å². The monoisotopic (exact) mass is 247 g/mol. The van der Waals surface area contributed by atoms with Crippen LogP contribution < -0.4 is 10.1 Å². The number of ether oxygens (including phenoxy) is 1. The number of benzene rings is 1. The second-order valence-corrected chi connectivity index (χ2v) is 4.75. The molecule has 18 heavy (non-hydrogen) atoms. The van der Waals surface area contributed by atoms with Crippen molar-refractivity contribution >= 4 is 0 Å². The minimum absolute atomic E-state index is 0.166. The second-order valence-electron chi connectivity index (χ2n) is 4.75. The normalized spacial score (nSPS) is 13.9. The van der Waals surface area contributed by atoms with Crippen molar-refractivity contribution in [1.29, 1.82) is 0 Å². The van der Waals surface area contributed by atoms with E-state index >= 15 is 0 Å². The first-order chi connectivity index (χ1) is 8.67. The summed E-state index contributed by atoms with van der Waals surface area (Å²) in [6, 6.07) is 8.44. The Morgan fingerprint density at radius 3 is 2.50 bits per heavy atom. The average Bonchev–Trinajstić information content (AvgIpc) is 2.39. The second kappa shape index (κ2) is 7.93. The number of hydrogen-bond acceptors (Lipinski definition) is 2. The Balaban J connectivity index is 2.45. The molecule has 0 saturated heterocycles. The number of hydrogen-bond donors (Lipinski definition) is 1. The van der Waals surface area contributed by atoms with Gasteiger partial charge in [-0.2, -0.15) is 0 Å². The molecule has 0 aliphatic carbocycles. The van der Waals surface area contributed by atoms with Crippen molar-refractivity contribution in [3.63, 3.8) is 0 Å². The molecule has 1 rings (SSSR count). The molecule has 0 aliphatic rings. The summed E-state index contributed by atoms with van der Waals surface area (Å²) in [6.07, 6.45) is 3.19. The van der Waals surface area contributed by atoms with Crippen LogP contribution in [0.25, 0.3) is 0 Å². The fraction of sp³-hybridized carbons (Fsp3) is 0.500. The van der Waals surface area contributed by atoms with Crippen molar-refractivity contribution in [2.45, 2.75) is 39.2 Å². The van der Waals surface area contributed by atoms with E-state index in [-0.39, 0.29) is 6.10 Å². The van der Waals surface area contributed by atoms with E-state index in [0.29, 0.717) is 5.92 Å². The molecule has 0 radical (unpaired) electrons. The maximum Gasteiger partial charge on any atom is 0.119 e. The largest absolute Gasteiger partial charge is 0.489 e. The molecule has 1 N–H and O–H groups in total. The Hall–Kier alpha value is -1.28. The van der Waals surface area contributed by atoms with Crippen molar-refractivity contribution in [1.82, 2.24) is 5.32 Å². The Morgan fingerprint density at radius 1 is 1.28 bits per heavy atom. The summed E-state index contributed by atoms with van der Waals surface area (Å²) in [4.78, 5) is 0. The molecule has 0 spiro atoms. The molecule has 0 amide bonds. The predicted octanol–water partition coefficient (Wildman–Crippen LogP) is 3.74. The van der Waals surface area contributed by atoms with E-state index < -0.39 is 0 Å². The zero-order valence-electron chi connectivity index (χ0n) is 11.8. The molecular weight excluding hydrogens is 222 g/mol. The molecule has 2 atom stereocenters. The van der Waals surface area contributed by atoms with Gasteiger partial charge in [-0.25, -0.2) is 0 Å². The summed E-state index contributed by atoms with van der Waals surface area (Å²) < 4.78 is 5.83. The molecule has 0 aliphatic heterocycles. The summed E-state index contributed by atoms with van der Waals surface area (Å²) >= 11 is 0. The molecule has 1 aromatic rings.